The van der Waals surface area contributed by atoms with Crippen molar-refractivity contribution in [3.8, 4) is 0 Å². The first-order valence-electron chi connectivity index (χ1n) is 7.14. The molecule has 1 aromatic heterocycles. The fourth-order valence-electron chi connectivity index (χ4n) is 2.53. The Balaban J connectivity index is 1.56. The van der Waals surface area contributed by atoms with Crippen molar-refractivity contribution in [1.29, 1.82) is 0 Å². The number of nitrogens with zero attached hydrogens (tertiary/aromatic N) is 2. The van der Waals surface area contributed by atoms with Crippen molar-refractivity contribution in [2.24, 2.45) is 0 Å². The average Bonchev–Trinajstić information content (AvgIpc) is 3.04. The number of aryl methyl sites for hydroxylation is 1. The summed E-state index contributed by atoms with van der Waals surface area (Å²) in [6.45, 7) is 3.82. The molecule has 0 spiro atoms. The van der Waals surface area contributed by atoms with Crippen LogP contribution in [-0.2, 0) is 0 Å². The van der Waals surface area contributed by atoms with Crippen LogP contribution in [0.5, 0.6) is 0 Å². The molecule has 0 unspecified atom stereocenters. The summed E-state index contributed by atoms with van der Waals surface area (Å²) < 4.78 is 0. The lowest BCUT2D eigenvalue weighted by molar-refractivity contribution is 0.0722. The molecular formula is C16H18N2OS2. The van der Waals surface area contributed by atoms with E-state index in [0.29, 0.717) is 10.9 Å². The SMILES string of the molecule is Cc1ccccc1SC1CCN(C(=O)c2cscn2)CC1. The van der Waals surface area contributed by atoms with E-state index in [9.17, 15) is 4.79 Å². The molecule has 1 saturated heterocycles. The fourth-order valence-corrected chi connectivity index (χ4v) is 4.27. The second kappa shape index (κ2) is 6.62. The zero-order chi connectivity index (χ0) is 14.7. The topological polar surface area (TPSA) is 33.2 Å². The van der Waals surface area contributed by atoms with Crippen LogP contribution in [0.3, 0.4) is 0 Å². The average molecular weight is 318 g/mol. The lowest BCUT2D eigenvalue weighted by Crippen LogP contribution is -2.39. The van der Waals surface area contributed by atoms with Gasteiger partial charge in [0, 0.05) is 28.6 Å². The highest BCUT2D eigenvalue weighted by atomic mass is 32.2. The van der Waals surface area contributed by atoms with Gasteiger partial charge in [-0.2, -0.15) is 0 Å². The number of hydrogen-bond donors (Lipinski definition) is 0. The number of aromatic nitrogens is 1. The molecule has 0 N–H and O–H groups in total. The number of carbonyl (C=O) groups is 1. The predicted octanol–water partition coefficient (Wildman–Crippen LogP) is 3.85. The van der Waals surface area contributed by atoms with Crippen LogP contribution in [0.1, 0.15) is 28.9 Å². The monoisotopic (exact) mass is 318 g/mol. The van der Waals surface area contributed by atoms with Crippen LogP contribution < -0.4 is 0 Å². The summed E-state index contributed by atoms with van der Waals surface area (Å²) in [5, 5.41) is 2.43. The van der Waals surface area contributed by atoms with E-state index in [0.717, 1.165) is 25.9 Å². The summed E-state index contributed by atoms with van der Waals surface area (Å²) in [6.07, 6.45) is 2.10. The normalized spacial score (nSPS) is 16.1. The van der Waals surface area contributed by atoms with Crippen LogP contribution in [0.15, 0.2) is 40.1 Å². The first-order chi connectivity index (χ1) is 10.2. The Morgan fingerprint density at radius 2 is 2.10 bits per heavy atom. The van der Waals surface area contributed by atoms with Crippen LogP contribution >= 0.6 is 23.1 Å². The van der Waals surface area contributed by atoms with Crippen LogP contribution in [0, 0.1) is 6.92 Å². The molecule has 2 aromatic rings. The molecule has 21 heavy (non-hydrogen) atoms. The van der Waals surface area contributed by atoms with Gasteiger partial charge in [0.2, 0.25) is 0 Å². The highest BCUT2D eigenvalue weighted by molar-refractivity contribution is 8.00. The van der Waals surface area contributed by atoms with Gasteiger partial charge in [-0.25, -0.2) is 4.98 Å². The van der Waals surface area contributed by atoms with Gasteiger partial charge in [-0.05, 0) is 31.4 Å². The van der Waals surface area contributed by atoms with Gasteiger partial charge in [-0.15, -0.1) is 23.1 Å². The van der Waals surface area contributed by atoms with E-state index >= 15 is 0 Å². The minimum Gasteiger partial charge on any atom is -0.337 e. The van der Waals surface area contributed by atoms with Crippen molar-refractivity contribution in [2.45, 2.75) is 29.9 Å². The standard InChI is InChI=1S/C16H18N2OS2/c1-12-4-2-3-5-15(12)21-13-6-8-18(9-7-13)16(19)14-10-20-11-17-14/h2-5,10-11,13H,6-9H2,1H3. The van der Waals surface area contributed by atoms with E-state index in [1.807, 2.05) is 22.0 Å². The summed E-state index contributed by atoms with van der Waals surface area (Å²) in [6, 6.07) is 8.51. The molecule has 1 fully saturated rings. The summed E-state index contributed by atoms with van der Waals surface area (Å²) in [5.74, 6) is 0.0793. The molecule has 0 radical (unpaired) electrons. The van der Waals surface area contributed by atoms with Crippen molar-refractivity contribution >= 4 is 29.0 Å². The van der Waals surface area contributed by atoms with Crippen LogP contribution in [0.25, 0.3) is 0 Å². The number of thioether (sulfide) groups is 1. The predicted molar refractivity (Wildman–Crippen MR) is 88.1 cm³/mol. The molecule has 0 bridgehead atoms. The van der Waals surface area contributed by atoms with Gasteiger partial charge in [0.1, 0.15) is 5.69 Å². The van der Waals surface area contributed by atoms with Gasteiger partial charge in [0.15, 0.2) is 0 Å². The maximum Gasteiger partial charge on any atom is 0.273 e. The largest absolute Gasteiger partial charge is 0.337 e. The highest BCUT2D eigenvalue weighted by Gasteiger charge is 2.25. The molecular weight excluding hydrogens is 300 g/mol. The first kappa shape index (κ1) is 14.6. The second-order valence-electron chi connectivity index (χ2n) is 5.25. The number of piperidine rings is 1. The van der Waals surface area contributed by atoms with Crippen molar-refractivity contribution in [2.75, 3.05) is 13.1 Å². The Morgan fingerprint density at radius 3 is 2.76 bits per heavy atom. The van der Waals surface area contributed by atoms with Gasteiger partial charge >= 0.3 is 0 Å². The molecule has 3 nitrogen and oxygen atoms in total. The van der Waals surface area contributed by atoms with E-state index in [-0.39, 0.29) is 5.91 Å². The molecule has 2 heterocycles. The highest BCUT2D eigenvalue weighted by Crippen LogP contribution is 2.32. The van der Waals surface area contributed by atoms with Gasteiger partial charge < -0.3 is 4.90 Å². The van der Waals surface area contributed by atoms with Crippen LogP contribution in [-0.4, -0.2) is 34.1 Å². The van der Waals surface area contributed by atoms with Crippen LogP contribution in [0.2, 0.25) is 0 Å². The third kappa shape index (κ3) is 3.47. The third-order valence-corrected chi connectivity index (χ3v) is 5.87. The molecule has 1 aliphatic rings. The quantitative estimate of drug-likeness (QED) is 0.862. The molecule has 0 atom stereocenters. The van der Waals surface area contributed by atoms with Crippen molar-refractivity contribution < 1.29 is 4.79 Å². The third-order valence-electron chi connectivity index (χ3n) is 3.77. The molecule has 3 rings (SSSR count). The first-order valence-corrected chi connectivity index (χ1v) is 8.96. The number of rotatable bonds is 3. The summed E-state index contributed by atoms with van der Waals surface area (Å²) >= 11 is 3.42. The van der Waals surface area contributed by atoms with Crippen molar-refractivity contribution in [1.82, 2.24) is 9.88 Å². The molecule has 5 heteroatoms. The zero-order valence-electron chi connectivity index (χ0n) is 12.0. The summed E-state index contributed by atoms with van der Waals surface area (Å²) in [4.78, 5) is 19.7. The second-order valence-corrected chi connectivity index (χ2v) is 7.31. The van der Waals surface area contributed by atoms with Crippen LogP contribution in [0.4, 0.5) is 0 Å². The summed E-state index contributed by atoms with van der Waals surface area (Å²) in [7, 11) is 0. The Bertz CT molecular complexity index is 604. The van der Waals surface area contributed by atoms with Gasteiger partial charge in [-0.3, -0.25) is 4.79 Å². The number of amides is 1. The van der Waals surface area contributed by atoms with Gasteiger partial charge in [-0.1, -0.05) is 18.2 Å². The van der Waals surface area contributed by atoms with Gasteiger partial charge in [0.25, 0.3) is 5.91 Å². The van der Waals surface area contributed by atoms with E-state index in [1.165, 1.54) is 21.8 Å². The van der Waals surface area contributed by atoms with Crippen molar-refractivity contribution in [3.05, 3.63) is 46.4 Å². The maximum atomic E-state index is 12.2. The Kier molecular flexibility index (Phi) is 4.60. The Hall–Kier alpha value is -1.33. The van der Waals surface area contributed by atoms with Crippen molar-refractivity contribution in [3.63, 3.8) is 0 Å². The molecule has 0 saturated carbocycles. The number of thiazole rings is 1. The molecule has 1 aromatic carbocycles. The lowest BCUT2D eigenvalue weighted by Gasteiger charge is -2.31. The lowest BCUT2D eigenvalue weighted by atomic mass is 10.1. The number of benzene rings is 1. The fraction of sp³-hybridized carbons (Fsp3) is 0.375. The van der Waals surface area contributed by atoms with E-state index in [2.05, 4.69) is 36.2 Å². The molecule has 1 aliphatic heterocycles. The zero-order valence-corrected chi connectivity index (χ0v) is 13.6. The Morgan fingerprint density at radius 1 is 1.33 bits per heavy atom. The number of carbonyl (C=O) groups excluding carboxylic acids is 1. The van der Waals surface area contributed by atoms with E-state index in [4.69, 9.17) is 0 Å². The summed E-state index contributed by atoms with van der Waals surface area (Å²) in [5.41, 5.74) is 3.64. The minimum absolute atomic E-state index is 0.0793. The molecule has 110 valence electrons. The molecule has 1 amide bonds. The van der Waals surface area contributed by atoms with E-state index in [1.54, 1.807) is 5.51 Å². The number of likely N-dealkylation sites (tertiary alicyclic amines) is 1. The van der Waals surface area contributed by atoms with Gasteiger partial charge in [0.05, 0.1) is 5.51 Å². The Labute approximate surface area is 133 Å². The minimum atomic E-state index is 0.0793. The smallest absolute Gasteiger partial charge is 0.273 e. The van der Waals surface area contributed by atoms with E-state index < -0.39 is 0 Å². The maximum absolute atomic E-state index is 12.2. The molecule has 0 aliphatic carbocycles. The number of hydrogen-bond acceptors (Lipinski definition) is 4.